The molecule has 1 fully saturated rings. The predicted molar refractivity (Wildman–Crippen MR) is 63.8 cm³/mol. The van der Waals surface area contributed by atoms with E-state index in [4.69, 9.17) is 4.74 Å². The van der Waals surface area contributed by atoms with E-state index in [1.807, 2.05) is 6.07 Å². The fourth-order valence-corrected chi connectivity index (χ4v) is 2.19. The molecular formula is C13H19NO. The van der Waals surface area contributed by atoms with Gasteiger partial charge in [0.2, 0.25) is 0 Å². The summed E-state index contributed by atoms with van der Waals surface area (Å²) in [6, 6.07) is 6.33. The third-order valence-electron chi connectivity index (χ3n) is 3.11. The lowest BCUT2D eigenvalue weighted by atomic mass is 10.1. The summed E-state index contributed by atoms with van der Waals surface area (Å²) in [5.41, 5.74) is 2.69. The van der Waals surface area contributed by atoms with Crippen molar-refractivity contribution in [1.29, 1.82) is 0 Å². The zero-order valence-corrected chi connectivity index (χ0v) is 9.62. The van der Waals surface area contributed by atoms with Crippen LogP contribution in [0.15, 0.2) is 18.2 Å². The van der Waals surface area contributed by atoms with Gasteiger partial charge in [-0.25, -0.2) is 0 Å². The second-order valence-electron chi connectivity index (χ2n) is 4.20. The Morgan fingerprint density at radius 2 is 1.87 bits per heavy atom. The van der Waals surface area contributed by atoms with Gasteiger partial charge in [0.05, 0.1) is 7.11 Å². The van der Waals surface area contributed by atoms with E-state index in [-0.39, 0.29) is 0 Å². The van der Waals surface area contributed by atoms with Gasteiger partial charge in [0.15, 0.2) is 0 Å². The maximum absolute atomic E-state index is 5.27. The number of benzene rings is 1. The molecule has 1 heterocycles. The first-order chi connectivity index (χ1) is 7.31. The quantitative estimate of drug-likeness (QED) is 0.736. The molecule has 15 heavy (non-hydrogen) atoms. The van der Waals surface area contributed by atoms with Crippen molar-refractivity contribution in [2.45, 2.75) is 26.2 Å². The monoisotopic (exact) mass is 205 g/mol. The van der Waals surface area contributed by atoms with E-state index >= 15 is 0 Å². The largest absolute Gasteiger partial charge is 0.497 e. The molecule has 1 aromatic carbocycles. The first kappa shape index (κ1) is 10.3. The highest BCUT2D eigenvalue weighted by atomic mass is 16.5. The molecule has 0 amide bonds. The number of piperidine rings is 1. The molecule has 1 aliphatic heterocycles. The fourth-order valence-electron chi connectivity index (χ4n) is 2.19. The molecule has 0 N–H and O–H groups in total. The van der Waals surface area contributed by atoms with Crippen molar-refractivity contribution in [1.82, 2.24) is 0 Å². The average Bonchev–Trinajstić information content (AvgIpc) is 2.31. The van der Waals surface area contributed by atoms with Gasteiger partial charge >= 0.3 is 0 Å². The molecule has 2 heteroatoms. The zero-order chi connectivity index (χ0) is 10.7. The van der Waals surface area contributed by atoms with Crippen LogP contribution in [-0.4, -0.2) is 20.2 Å². The van der Waals surface area contributed by atoms with E-state index in [1.165, 1.54) is 43.6 Å². The van der Waals surface area contributed by atoms with Crippen LogP contribution in [0.4, 0.5) is 5.69 Å². The lowest BCUT2D eigenvalue weighted by molar-refractivity contribution is 0.414. The Labute approximate surface area is 91.9 Å². The molecule has 1 saturated heterocycles. The molecule has 2 nitrogen and oxygen atoms in total. The van der Waals surface area contributed by atoms with Gasteiger partial charge in [-0.3, -0.25) is 0 Å². The number of methoxy groups -OCH3 is 1. The molecule has 0 saturated carbocycles. The van der Waals surface area contributed by atoms with Crippen LogP contribution in [0.1, 0.15) is 24.8 Å². The van der Waals surface area contributed by atoms with Gasteiger partial charge in [-0.2, -0.15) is 0 Å². The summed E-state index contributed by atoms with van der Waals surface area (Å²) < 4.78 is 5.27. The van der Waals surface area contributed by atoms with Crippen LogP contribution >= 0.6 is 0 Å². The maximum atomic E-state index is 5.27. The summed E-state index contributed by atoms with van der Waals surface area (Å²) in [6.45, 7) is 4.55. The topological polar surface area (TPSA) is 12.5 Å². The van der Waals surface area contributed by atoms with Crippen LogP contribution in [-0.2, 0) is 0 Å². The Hall–Kier alpha value is -1.18. The predicted octanol–water partition coefficient (Wildman–Crippen LogP) is 2.99. The minimum atomic E-state index is 0.959. The Morgan fingerprint density at radius 1 is 1.13 bits per heavy atom. The summed E-state index contributed by atoms with van der Waals surface area (Å²) >= 11 is 0. The van der Waals surface area contributed by atoms with Crippen LogP contribution in [0, 0.1) is 6.92 Å². The minimum Gasteiger partial charge on any atom is -0.497 e. The third-order valence-corrected chi connectivity index (χ3v) is 3.11. The number of ether oxygens (including phenoxy) is 1. The summed E-state index contributed by atoms with van der Waals surface area (Å²) in [4.78, 5) is 2.47. The molecule has 0 spiro atoms. The van der Waals surface area contributed by atoms with Crippen molar-refractivity contribution >= 4 is 5.69 Å². The average molecular weight is 205 g/mol. The van der Waals surface area contributed by atoms with Crippen molar-refractivity contribution in [3.63, 3.8) is 0 Å². The molecule has 1 aromatic rings. The molecule has 0 aliphatic carbocycles. The smallest absolute Gasteiger partial charge is 0.120 e. The molecule has 0 radical (unpaired) electrons. The molecular weight excluding hydrogens is 186 g/mol. The van der Waals surface area contributed by atoms with E-state index in [0.29, 0.717) is 0 Å². The van der Waals surface area contributed by atoms with Crippen LogP contribution in [0.5, 0.6) is 5.75 Å². The Bertz CT molecular complexity index is 329. The molecule has 2 rings (SSSR count). The molecule has 1 aliphatic rings. The molecule has 0 unspecified atom stereocenters. The number of hydrogen-bond acceptors (Lipinski definition) is 2. The number of hydrogen-bond donors (Lipinski definition) is 0. The summed E-state index contributed by atoms with van der Waals surface area (Å²) in [5.74, 6) is 0.959. The van der Waals surface area contributed by atoms with Crippen LogP contribution < -0.4 is 9.64 Å². The van der Waals surface area contributed by atoms with Crippen molar-refractivity contribution < 1.29 is 4.74 Å². The zero-order valence-electron chi connectivity index (χ0n) is 9.62. The first-order valence-electron chi connectivity index (χ1n) is 5.71. The SMILES string of the molecule is COc1ccc(C)c(N2CCCCC2)c1. The molecule has 82 valence electrons. The van der Waals surface area contributed by atoms with E-state index < -0.39 is 0 Å². The van der Waals surface area contributed by atoms with Crippen molar-refractivity contribution in [3.05, 3.63) is 23.8 Å². The second kappa shape index (κ2) is 4.56. The van der Waals surface area contributed by atoms with Gasteiger partial charge in [-0.05, 0) is 37.8 Å². The van der Waals surface area contributed by atoms with Crippen LogP contribution in [0.3, 0.4) is 0 Å². The van der Waals surface area contributed by atoms with Gasteiger partial charge in [-0.15, -0.1) is 0 Å². The number of aryl methyl sites for hydroxylation is 1. The lowest BCUT2D eigenvalue weighted by Crippen LogP contribution is -2.29. The molecule has 0 atom stereocenters. The van der Waals surface area contributed by atoms with Gasteiger partial charge < -0.3 is 9.64 Å². The standard InChI is InChI=1S/C13H19NO/c1-11-6-7-12(15-2)10-13(11)14-8-4-3-5-9-14/h6-7,10H,3-5,8-9H2,1-2H3. The van der Waals surface area contributed by atoms with Gasteiger partial charge in [-0.1, -0.05) is 6.07 Å². The highest BCUT2D eigenvalue weighted by Gasteiger charge is 2.13. The van der Waals surface area contributed by atoms with E-state index in [2.05, 4.69) is 24.0 Å². The third kappa shape index (κ3) is 2.25. The van der Waals surface area contributed by atoms with Gasteiger partial charge in [0, 0.05) is 24.8 Å². The van der Waals surface area contributed by atoms with E-state index in [1.54, 1.807) is 7.11 Å². The lowest BCUT2D eigenvalue weighted by Gasteiger charge is -2.30. The van der Waals surface area contributed by atoms with Crippen molar-refractivity contribution in [2.75, 3.05) is 25.1 Å². The van der Waals surface area contributed by atoms with Crippen LogP contribution in [0.25, 0.3) is 0 Å². The molecule has 0 aromatic heterocycles. The van der Waals surface area contributed by atoms with Crippen molar-refractivity contribution in [3.8, 4) is 5.75 Å². The van der Waals surface area contributed by atoms with Gasteiger partial charge in [0.1, 0.15) is 5.75 Å². The number of nitrogens with zero attached hydrogens (tertiary/aromatic N) is 1. The highest BCUT2D eigenvalue weighted by Crippen LogP contribution is 2.27. The Kier molecular flexibility index (Phi) is 3.14. The fraction of sp³-hybridized carbons (Fsp3) is 0.538. The van der Waals surface area contributed by atoms with Crippen molar-refractivity contribution in [2.24, 2.45) is 0 Å². The Morgan fingerprint density at radius 3 is 2.53 bits per heavy atom. The maximum Gasteiger partial charge on any atom is 0.120 e. The summed E-state index contributed by atoms with van der Waals surface area (Å²) in [5, 5.41) is 0. The highest BCUT2D eigenvalue weighted by molar-refractivity contribution is 5.56. The normalized spacial score (nSPS) is 16.5. The van der Waals surface area contributed by atoms with E-state index in [0.717, 1.165) is 5.75 Å². The molecule has 0 bridgehead atoms. The second-order valence-corrected chi connectivity index (χ2v) is 4.20. The minimum absolute atomic E-state index is 0.959. The first-order valence-corrected chi connectivity index (χ1v) is 5.71. The summed E-state index contributed by atoms with van der Waals surface area (Å²) in [7, 11) is 1.73. The van der Waals surface area contributed by atoms with Gasteiger partial charge in [0.25, 0.3) is 0 Å². The number of rotatable bonds is 2. The number of anilines is 1. The van der Waals surface area contributed by atoms with Crippen LogP contribution in [0.2, 0.25) is 0 Å². The van der Waals surface area contributed by atoms with E-state index in [9.17, 15) is 0 Å². The Balaban J connectivity index is 2.24. The summed E-state index contributed by atoms with van der Waals surface area (Å²) in [6.07, 6.45) is 4.01.